The van der Waals surface area contributed by atoms with Crippen LogP contribution in [0.15, 0.2) is 71.9 Å². The molecule has 0 fully saturated rings. The number of hydrogen-bond acceptors (Lipinski definition) is 6. The van der Waals surface area contributed by atoms with Gasteiger partial charge in [0, 0.05) is 23.5 Å². The Labute approximate surface area is 156 Å². The minimum atomic E-state index is -3.88. The first kappa shape index (κ1) is 18.5. The van der Waals surface area contributed by atoms with Gasteiger partial charge in [0.1, 0.15) is 5.75 Å². The molecular formula is C18H16N4O4S. The van der Waals surface area contributed by atoms with E-state index in [9.17, 15) is 13.2 Å². The van der Waals surface area contributed by atoms with E-state index in [4.69, 9.17) is 4.74 Å². The van der Waals surface area contributed by atoms with E-state index in [-0.39, 0.29) is 10.5 Å². The third kappa shape index (κ3) is 4.46. The Hall–Kier alpha value is -3.30. The van der Waals surface area contributed by atoms with Crippen molar-refractivity contribution in [3.05, 3.63) is 72.6 Å². The number of nitrogens with zero attached hydrogens (tertiary/aromatic N) is 2. The van der Waals surface area contributed by atoms with Crippen LogP contribution in [-0.4, -0.2) is 31.4 Å². The second-order valence-corrected chi connectivity index (χ2v) is 7.08. The van der Waals surface area contributed by atoms with Crippen molar-refractivity contribution in [3.63, 3.8) is 0 Å². The topological polar surface area (TPSA) is 110 Å². The minimum absolute atomic E-state index is 0.0364. The zero-order valence-electron chi connectivity index (χ0n) is 14.3. The highest BCUT2D eigenvalue weighted by molar-refractivity contribution is 7.89. The van der Waals surface area contributed by atoms with Gasteiger partial charge in [-0.15, -0.1) is 4.83 Å². The lowest BCUT2D eigenvalue weighted by Gasteiger charge is -2.10. The van der Waals surface area contributed by atoms with Crippen LogP contribution in [-0.2, 0) is 10.0 Å². The molecule has 3 rings (SSSR count). The van der Waals surface area contributed by atoms with Gasteiger partial charge in [0.2, 0.25) is 0 Å². The van der Waals surface area contributed by atoms with Crippen molar-refractivity contribution in [3.8, 4) is 17.1 Å². The molecular weight excluding hydrogens is 368 g/mol. The molecule has 2 N–H and O–H groups in total. The molecule has 1 heterocycles. The lowest BCUT2D eigenvalue weighted by molar-refractivity contribution is 0.0945. The van der Waals surface area contributed by atoms with Crippen molar-refractivity contribution in [2.45, 2.75) is 4.90 Å². The minimum Gasteiger partial charge on any atom is -0.497 e. The molecule has 0 spiro atoms. The van der Waals surface area contributed by atoms with E-state index in [1.807, 2.05) is 0 Å². The predicted octanol–water partition coefficient (Wildman–Crippen LogP) is 1.78. The summed E-state index contributed by atoms with van der Waals surface area (Å²) in [6.07, 6.45) is 3.16. The molecule has 0 bridgehead atoms. The normalized spacial score (nSPS) is 11.0. The molecule has 1 aromatic heterocycles. The molecule has 27 heavy (non-hydrogen) atoms. The van der Waals surface area contributed by atoms with Crippen molar-refractivity contribution in [1.82, 2.24) is 20.2 Å². The summed E-state index contributed by atoms with van der Waals surface area (Å²) in [4.78, 5) is 22.8. The number of hydrazine groups is 1. The third-order valence-electron chi connectivity index (χ3n) is 3.58. The Kier molecular flexibility index (Phi) is 5.43. The zero-order valence-corrected chi connectivity index (χ0v) is 15.1. The van der Waals surface area contributed by atoms with Crippen LogP contribution < -0.4 is 15.0 Å². The van der Waals surface area contributed by atoms with Crippen LogP contribution in [0.5, 0.6) is 5.75 Å². The second kappa shape index (κ2) is 7.94. The van der Waals surface area contributed by atoms with E-state index >= 15 is 0 Å². The molecule has 3 aromatic rings. The summed E-state index contributed by atoms with van der Waals surface area (Å²) < 4.78 is 29.6. The molecule has 8 nitrogen and oxygen atoms in total. The zero-order chi connectivity index (χ0) is 19.3. The van der Waals surface area contributed by atoms with Crippen molar-refractivity contribution < 1.29 is 17.9 Å². The van der Waals surface area contributed by atoms with Gasteiger partial charge in [-0.1, -0.05) is 18.2 Å². The molecule has 0 aliphatic rings. The van der Waals surface area contributed by atoms with Crippen LogP contribution in [0.4, 0.5) is 0 Å². The highest BCUT2D eigenvalue weighted by Crippen LogP contribution is 2.23. The summed E-state index contributed by atoms with van der Waals surface area (Å²) in [5.41, 5.74) is 2.94. The monoisotopic (exact) mass is 384 g/mol. The van der Waals surface area contributed by atoms with Gasteiger partial charge in [-0.3, -0.25) is 10.2 Å². The van der Waals surface area contributed by atoms with E-state index in [2.05, 4.69) is 20.2 Å². The Morgan fingerprint density at radius 3 is 2.37 bits per heavy atom. The van der Waals surface area contributed by atoms with Gasteiger partial charge in [-0.2, -0.15) is 0 Å². The molecule has 2 aromatic carbocycles. The fourth-order valence-corrected chi connectivity index (χ4v) is 3.13. The number of amides is 1. The first-order chi connectivity index (χ1) is 13.0. The smallest absolute Gasteiger partial charge is 0.266 e. The summed E-state index contributed by atoms with van der Waals surface area (Å²) in [6, 6.07) is 14.1. The van der Waals surface area contributed by atoms with Crippen LogP contribution >= 0.6 is 0 Å². The number of benzene rings is 2. The maximum Gasteiger partial charge on any atom is 0.266 e. The molecule has 9 heteroatoms. The van der Waals surface area contributed by atoms with Gasteiger partial charge in [0.15, 0.2) is 5.82 Å². The maximum absolute atomic E-state index is 12.4. The largest absolute Gasteiger partial charge is 0.497 e. The molecule has 0 aliphatic carbocycles. The van der Waals surface area contributed by atoms with E-state index < -0.39 is 15.9 Å². The summed E-state index contributed by atoms with van der Waals surface area (Å²) in [7, 11) is -2.42. The molecule has 0 unspecified atom stereocenters. The van der Waals surface area contributed by atoms with E-state index in [1.54, 1.807) is 48.8 Å². The van der Waals surface area contributed by atoms with Crippen molar-refractivity contribution in [2.24, 2.45) is 0 Å². The number of nitrogens with one attached hydrogen (secondary N) is 2. The number of aromatic nitrogens is 2. The van der Waals surface area contributed by atoms with E-state index in [1.165, 1.54) is 25.3 Å². The highest BCUT2D eigenvalue weighted by Gasteiger charge is 2.16. The molecule has 0 radical (unpaired) electrons. The van der Waals surface area contributed by atoms with E-state index in [0.29, 0.717) is 17.1 Å². The predicted molar refractivity (Wildman–Crippen MR) is 98.2 cm³/mol. The number of methoxy groups -OCH3 is 1. The van der Waals surface area contributed by atoms with Crippen LogP contribution in [0.25, 0.3) is 11.4 Å². The van der Waals surface area contributed by atoms with Gasteiger partial charge < -0.3 is 4.74 Å². The lowest BCUT2D eigenvalue weighted by Crippen LogP contribution is -2.41. The molecule has 0 aliphatic heterocycles. The molecule has 0 saturated heterocycles. The van der Waals surface area contributed by atoms with Gasteiger partial charge in [-0.25, -0.2) is 18.4 Å². The standard InChI is InChI=1S/C18H16N4O4S/c1-26-15-11-13(17-19-8-5-9-20-17)10-14(12-15)18(23)21-22-27(24,25)16-6-3-2-4-7-16/h2-12,22H,1H3,(H,21,23). The SMILES string of the molecule is COc1cc(C(=O)NNS(=O)(=O)c2ccccc2)cc(-c2ncccn2)c1. The summed E-state index contributed by atoms with van der Waals surface area (Å²) in [6.45, 7) is 0. The molecule has 0 saturated carbocycles. The number of sulfonamides is 1. The molecule has 138 valence electrons. The van der Waals surface area contributed by atoms with E-state index in [0.717, 1.165) is 0 Å². The van der Waals surface area contributed by atoms with Gasteiger partial charge in [-0.05, 0) is 36.4 Å². The molecule has 1 amide bonds. The third-order valence-corrected chi connectivity index (χ3v) is 4.84. The van der Waals surface area contributed by atoms with Crippen LogP contribution in [0, 0.1) is 0 Å². The Morgan fingerprint density at radius 1 is 1.00 bits per heavy atom. The summed E-state index contributed by atoms with van der Waals surface area (Å²) in [5.74, 6) is 0.178. The van der Waals surface area contributed by atoms with Gasteiger partial charge in [0.25, 0.3) is 15.9 Å². The number of hydrogen-bond donors (Lipinski definition) is 2. The second-order valence-electron chi connectivity index (χ2n) is 5.40. The maximum atomic E-state index is 12.4. The summed E-state index contributed by atoms with van der Waals surface area (Å²) >= 11 is 0. The Balaban J connectivity index is 1.82. The fourth-order valence-electron chi connectivity index (χ4n) is 2.27. The highest BCUT2D eigenvalue weighted by atomic mass is 32.2. The summed E-state index contributed by atoms with van der Waals surface area (Å²) in [5, 5.41) is 0. The van der Waals surface area contributed by atoms with Crippen molar-refractivity contribution in [1.29, 1.82) is 0 Å². The van der Waals surface area contributed by atoms with Crippen LogP contribution in [0.1, 0.15) is 10.4 Å². The number of ether oxygens (including phenoxy) is 1. The average molecular weight is 384 g/mol. The molecule has 0 atom stereocenters. The first-order valence-corrected chi connectivity index (χ1v) is 9.31. The Bertz CT molecular complexity index is 1040. The van der Waals surface area contributed by atoms with Crippen molar-refractivity contribution >= 4 is 15.9 Å². The lowest BCUT2D eigenvalue weighted by atomic mass is 10.1. The van der Waals surface area contributed by atoms with Crippen molar-refractivity contribution in [2.75, 3.05) is 7.11 Å². The number of rotatable bonds is 6. The van der Waals surface area contributed by atoms with Gasteiger partial charge >= 0.3 is 0 Å². The average Bonchev–Trinajstić information content (AvgIpc) is 2.73. The quantitative estimate of drug-likeness (QED) is 0.627. The number of carbonyl (C=O) groups is 1. The number of carbonyl (C=O) groups excluding carboxylic acids is 1. The fraction of sp³-hybridized carbons (Fsp3) is 0.0556. The van der Waals surface area contributed by atoms with Gasteiger partial charge in [0.05, 0.1) is 12.0 Å². The van der Waals surface area contributed by atoms with Crippen LogP contribution in [0.2, 0.25) is 0 Å². The van der Waals surface area contributed by atoms with Crippen LogP contribution in [0.3, 0.4) is 0 Å². The Morgan fingerprint density at radius 2 is 1.70 bits per heavy atom. The first-order valence-electron chi connectivity index (χ1n) is 7.83.